The molecular weight excluding hydrogens is 412 g/mol. The SMILES string of the molecule is CCOC(=O)C1(Br)Oc2cc(OC(C)=O)ccc2OC1Br. The van der Waals surface area contributed by atoms with Crippen LogP contribution in [0.25, 0.3) is 0 Å². The van der Waals surface area contributed by atoms with Gasteiger partial charge in [-0.2, -0.15) is 0 Å². The van der Waals surface area contributed by atoms with Crippen LogP contribution in [0.1, 0.15) is 13.8 Å². The highest BCUT2D eigenvalue weighted by molar-refractivity contribution is 9.12. The lowest BCUT2D eigenvalue weighted by Gasteiger charge is -2.35. The monoisotopic (exact) mass is 422 g/mol. The number of esters is 2. The van der Waals surface area contributed by atoms with E-state index in [9.17, 15) is 9.59 Å². The van der Waals surface area contributed by atoms with Gasteiger partial charge in [-0.05, 0) is 50.9 Å². The van der Waals surface area contributed by atoms with Crippen molar-refractivity contribution >= 4 is 43.8 Å². The summed E-state index contributed by atoms with van der Waals surface area (Å²) in [7, 11) is 0. The first-order chi connectivity index (χ1) is 9.86. The molecule has 1 aliphatic rings. The molecule has 0 aliphatic carbocycles. The largest absolute Gasteiger partial charge is 0.469 e. The maximum absolute atomic E-state index is 12.0. The highest BCUT2D eigenvalue weighted by atomic mass is 79.9. The molecule has 0 spiro atoms. The molecule has 2 atom stereocenters. The van der Waals surface area contributed by atoms with Gasteiger partial charge in [0, 0.05) is 13.0 Å². The molecule has 0 saturated heterocycles. The van der Waals surface area contributed by atoms with E-state index < -0.39 is 21.5 Å². The highest BCUT2D eigenvalue weighted by Gasteiger charge is 2.52. The van der Waals surface area contributed by atoms with Crippen LogP contribution in [0.3, 0.4) is 0 Å². The number of fused-ring (bicyclic) bond motifs is 1. The quantitative estimate of drug-likeness (QED) is 0.423. The molecule has 6 nitrogen and oxygen atoms in total. The van der Waals surface area contributed by atoms with Gasteiger partial charge in [-0.25, -0.2) is 4.79 Å². The van der Waals surface area contributed by atoms with Crippen LogP contribution in [-0.2, 0) is 14.3 Å². The third-order valence-corrected chi connectivity index (χ3v) is 4.86. The van der Waals surface area contributed by atoms with Crippen LogP contribution in [0.5, 0.6) is 17.2 Å². The van der Waals surface area contributed by atoms with Gasteiger partial charge in [0.1, 0.15) is 5.75 Å². The lowest BCUT2D eigenvalue weighted by atomic mass is 10.2. The summed E-state index contributed by atoms with van der Waals surface area (Å²) < 4.78 is 19.6. The Morgan fingerprint density at radius 1 is 1.38 bits per heavy atom. The predicted molar refractivity (Wildman–Crippen MR) is 80.0 cm³/mol. The molecule has 0 fully saturated rings. The lowest BCUT2D eigenvalue weighted by Crippen LogP contribution is -2.52. The minimum absolute atomic E-state index is 0.204. The van der Waals surface area contributed by atoms with E-state index in [0.717, 1.165) is 0 Å². The van der Waals surface area contributed by atoms with Gasteiger partial charge >= 0.3 is 16.4 Å². The Kier molecular flexibility index (Phi) is 4.77. The van der Waals surface area contributed by atoms with Crippen LogP contribution in [0.2, 0.25) is 0 Å². The average Bonchev–Trinajstić information content (AvgIpc) is 2.40. The van der Waals surface area contributed by atoms with Gasteiger partial charge < -0.3 is 18.9 Å². The molecule has 2 rings (SSSR count). The van der Waals surface area contributed by atoms with Crippen molar-refractivity contribution in [2.45, 2.75) is 23.4 Å². The van der Waals surface area contributed by atoms with Crippen molar-refractivity contribution in [1.29, 1.82) is 0 Å². The number of rotatable bonds is 3. The Bertz CT molecular complexity index is 576. The molecule has 1 aromatic rings. The van der Waals surface area contributed by atoms with Gasteiger partial charge in [0.2, 0.25) is 5.01 Å². The number of halogens is 2. The first-order valence-electron chi connectivity index (χ1n) is 6.05. The first kappa shape index (κ1) is 16.1. The molecule has 1 aliphatic heterocycles. The zero-order chi connectivity index (χ0) is 15.6. The van der Waals surface area contributed by atoms with Gasteiger partial charge in [-0.3, -0.25) is 4.79 Å². The molecular formula is C13H12Br2O6. The Morgan fingerprint density at radius 3 is 2.71 bits per heavy atom. The second-order valence-electron chi connectivity index (χ2n) is 4.10. The molecule has 1 aromatic carbocycles. The van der Waals surface area contributed by atoms with E-state index in [1.165, 1.54) is 13.0 Å². The fourth-order valence-corrected chi connectivity index (χ4v) is 2.52. The van der Waals surface area contributed by atoms with Crippen molar-refractivity contribution < 1.29 is 28.5 Å². The Hall–Kier alpha value is -1.28. The summed E-state index contributed by atoms with van der Waals surface area (Å²) in [4.78, 5) is 23.0. The second-order valence-corrected chi connectivity index (χ2v) is 6.11. The number of carbonyl (C=O) groups is 2. The smallest absolute Gasteiger partial charge is 0.366 e. The van der Waals surface area contributed by atoms with Gasteiger partial charge in [0.15, 0.2) is 11.5 Å². The molecule has 21 heavy (non-hydrogen) atoms. The van der Waals surface area contributed by atoms with Gasteiger partial charge in [-0.15, -0.1) is 0 Å². The van der Waals surface area contributed by atoms with Crippen LogP contribution in [0.15, 0.2) is 18.2 Å². The summed E-state index contributed by atoms with van der Waals surface area (Å²) >= 11 is 6.43. The molecule has 114 valence electrons. The maximum Gasteiger partial charge on any atom is 0.366 e. The molecule has 0 radical (unpaired) electrons. The summed E-state index contributed by atoms with van der Waals surface area (Å²) in [5.41, 5.74) is 0. The predicted octanol–water partition coefficient (Wildman–Crippen LogP) is 2.76. The molecule has 0 bridgehead atoms. The van der Waals surface area contributed by atoms with Crippen molar-refractivity contribution in [2.24, 2.45) is 0 Å². The number of hydrogen-bond acceptors (Lipinski definition) is 6. The topological polar surface area (TPSA) is 71.1 Å². The van der Waals surface area contributed by atoms with Crippen LogP contribution in [-0.4, -0.2) is 28.1 Å². The zero-order valence-corrected chi connectivity index (χ0v) is 14.4. The van der Waals surface area contributed by atoms with E-state index in [-0.39, 0.29) is 18.1 Å². The molecule has 1 heterocycles. The lowest BCUT2D eigenvalue weighted by molar-refractivity contribution is -0.157. The number of hydrogen-bond donors (Lipinski definition) is 0. The van der Waals surface area contributed by atoms with Crippen molar-refractivity contribution in [3.05, 3.63) is 18.2 Å². The van der Waals surface area contributed by atoms with E-state index in [2.05, 4.69) is 31.9 Å². The third-order valence-electron chi connectivity index (χ3n) is 2.51. The Labute approximate surface area is 137 Å². The van der Waals surface area contributed by atoms with E-state index in [0.29, 0.717) is 5.75 Å². The van der Waals surface area contributed by atoms with Gasteiger partial charge in [0.05, 0.1) is 6.61 Å². The summed E-state index contributed by atoms with van der Waals surface area (Å²) in [6.07, 6.45) is 0. The van der Waals surface area contributed by atoms with E-state index >= 15 is 0 Å². The van der Waals surface area contributed by atoms with Crippen molar-refractivity contribution in [2.75, 3.05) is 6.61 Å². The van der Waals surface area contributed by atoms with E-state index in [4.69, 9.17) is 18.9 Å². The van der Waals surface area contributed by atoms with Crippen LogP contribution < -0.4 is 14.2 Å². The van der Waals surface area contributed by atoms with Crippen molar-refractivity contribution in [3.8, 4) is 17.2 Å². The van der Waals surface area contributed by atoms with E-state index in [1.54, 1.807) is 19.1 Å². The summed E-state index contributed by atoms with van der Waals surface area (Å²) in [5.74, 6) is -0.130. The highest BCUT2D eigenvalue weighted by Crippen LogP contribution is 2.45. The normalized spacial score (nSPS) is 23.3. The van der Waals surface area contributed by atoms with Gasteiger partial charge in [-0.1, -0.05) is 0 Å². The fourth-order valence-electron chi connectivity index (χ4n) is 1.65. The summed E-state index contributed by atoms with van der Waals surface area (Å²) in [5, 5.41) is -0.781. The molecule has 0 N–H and O–H groups in total. The standard InChI is InChI=1S/C13H12Br2O6/c1-3-18-12(17)13(15)11(14)20-9-5-4-8(19-7(2)16)6-10(9)21-13/h4-6,11H,3H2,1-2H3. The minimum Gasteiger partial charge on any atom is -0.469 e. The maximum atomic E-state index is 12.0. The van der Waals surface area contributed by atoms with Gasteiger partial charge in [0.25, 0.3) is 0 Å². The van der Waals surface area contributed by atoms with Crippen LogP contribution >= 0.6 is 31.9 Å². The fraction of sp³-hybridized carbons (Fsp3) is 0.385. The number of carbonyl (C=O) groups excluding carboxylic acids is 2. The average molecular weight is 424 g/mol. The zero-order valence-electron chi connectivity index (χ0n) is 11.2. The van der Waals surface area contributed by atoms with Crippen LogP contribution in [0.4, 0.5) is 0 Å². The summed E-state index contributed by atoms with van der Waals surface area (Å²) in [6, 6.07) is 4.61. The Morgan fingerprint density at radius 2 is 2.10 bits per heavy atom. The second kappa shape index (κ2) is 6.23. The third kappa shape index (κ3) is 3.32. The molecule has 8 heteroatoms. The molecule has 2 unspecified atom stereocenters. The van der Waals surface area contributed by atoms with Crippen molar-refractivity contribution in [3.63, 3.8) is 0 Å². The Balaban J connectivity index is 2.31. The molecule has 0 aromatic heterocycles. The first-order valence-corrected chi connectivity index (χ1v) is 7.76. The number of alkyl halides is 2. The number of ether oxygens (including phenoxy) is 4. The molecule has 0 saturated carbocycles. The van der Waals surface area contributed by atoms with Crippen LogP contribution in [0, 0.1) is 0 Å². The molecule has 0 amide bonds. The van der Waals surface area contributed by atoms with Crippen molar-refractivity contribution in [1.82, 2.24) is 0 Å². The summed E-state index contributed by atoms with van der Waals surface area (Å²) in [6.45, 7) is 3.18. The minimum atomic E-state index is -1.52. The van der Waals surface area contributed by atoms with E-state index in [1.807, 2.05) is 0 Å². The number of benzene rings is 1.